The second-order valence-corrected chi connectivity index (χ2v) is 5.82. The van der Waals surface area contributed by atoms with Crippen LogP contribution in [0.2, 0.25) is 5.02 Å². The Bertz CT molecular complexity index is 854. The van der Waals surface area contributed by atoms with Gasteiger partial charge in [-0.05, 0) is 36.4 Å². The van der Waals surface area contributed by atoms with Crippen LogP contribution in [0.3, 0.4) is 0 Å². The van der Waals surface area contributed by atoms with Crippen molar-refractivity contribution in [2.75, 3.05) is 18.3 Å². The summed E-state index contributed by atoms with van der Waals surface area (Å²) in [4.78, 5) is 24.4. The van der Waals surface area contributed by atoms with Crippen LogP contribution in [0.15, 0.2) is 36.4 Å². The van der Waals surface area contributed by atoms with Gasteiger partial charge >= 0.3 is 6.18 Å². The number of nitrogens with one attached hydrogen (secondary N) is 1. The minimum absolute atomic E-state index is 0.0410. The van der Waals surface area contributed by atoms with Gasteiger partial charge in [-0.3, -0.25) is 9.59 Å². The summed E-state index contributed by atoms with van der Waals surface area (Å²) in [7, 11) is 1.31. The van der Waals surface area contributed by atoms with Crippen LogP contribution in [0.25, 0.3) is 0 Å². The fraction of sp³-hybridized carbons (Fsp3) is 0.176. The molecule has 0 aliphatic heterocycles. The van der Waals surface area contributed by atoms with Gasteiger partial charge in [-0.15, -0.1) is 11.6 Å². The lowest BCUT2D eigenvalue weighted by Gasteiger charge is -2.15. The van der Waals surface area contributed by atoms with Crippen molar-refractivity contribution in [1.29, 1.82) is 0 Å². The molecule has 2 rings (SSSR count). The first kappa shape index (κ1) is 20.1. The molecule has 1 amide bonds. The lowest BCUT2D eigenvalue weighted by Crippen LogP contribution is -2.17. The molecule has 1 N–H and O–H groups in total. The summed E-state index contributed by atoms with van der Waals surface area (Å²) in [6.07, 6.45) is -4.66. The number of hydrogen-bond donors (Lipinski definition) is 1. The first-order valence-electron chi connectivity index (χ1n) is 7.12. The summed E-state index contributed by atoms with van der Waals surface area (Å²) >= 11 is 11.3. The second kappa shape index (κ2) is 7.97. The predicted octanol–water partition coefficient (Wildman–Crippen LogP) is 4.78. The quantitative estimate of drug-likeness (QED) is 0.575. The summed E-state index contributed by atoms with van der Waals surface area (Å²) in [5.41, 5.74) is -1.54. The molecule has 0 spiro atoms. The Morgan fingerprint density at radius 3 is 2.38 bits per heavy atom. The van der Waals surface area contributed by atoms with Crippen molar-refractivity contribution >= 4 is 40.6 Å². The average molecular weight is 406 g/mol. The van der Waals surface area contributed by atoms with E-state index in [0.29, 0.717) is 6.07 Å². The van der Waals surface area contributed by atoms with E-state index in [-0.39, 0.29) is 27.6 Å². The van der Waals surface area contributed by atoms with E-state index in [2.05, 4.69) is 5.32 Å². The fourth-order valence-electron chi connectivity index (χ4n) is 2.20. The third kappa shape index (κ3) is 4.47. The molecule has 9 heteroatoms. The van der Waals surface area contributed by atoms with Gasteiger partial charge in [-0.1, -0.05) is 11.6 Å². The lowest BCUT2D eigenvalue weighted by molar-refractivity contribution is -0.137. The van der Waals surface area contributed by atoms with Crippen LogP contribution < -0.4 is 10.1 Å². The van der Waals surface area contributed by atoms with E-state index >= 15 is 0 Å². The summed E-state index contributed by atoms with van der Waals surface area (Å²) in [6.45, 7) is 0. The Labute approximate surface area is 156 Å². The maximum Gasteiger partial charge on any atom is 0.416 e. The van der Waals surface area contributed by atoms with Gasteiger partial charge in [0.25, 0.3) is 0 Å². The molecule has 0 heterocycles. The predicted molar refractivity (Wildman–Crippen MR) is 92.2 cm³/mol. The van der Waals surface area contributed by atoms with Gasteiger partial charge in [-0.25, -0.2) is 0 Å². The number of rotatable bonds is 5. The number of carbonyl (C=O) groups is 2. The number of carbonyl (C=O) groups excluding carboxylic acids is 2. The minimum atomic E-state index is -4.66. The zero-order valence-corrected chi connectivity index (χ0v) is 14.8. The van der Waals surface area contributed by atoms with Crippen LogP contribution in [0.5, 0.6) is 5.75 Å². The summed E-state index contributed by atoms with van der Waals surface area (Å²) in [5, 5.41) is 2.51. The maximum atomic E-state index is 13.0. The molecule has 0 radical (unpaired) electrons. The van der Waals surface area contributed by atoms with E-state index in [4.69, 9.17) is 27.9 Å². The SMILES string of the molecule is COc1ccc(Cl)cc1C(=O)c1cc(C(F)(F)F)ccc1NC(=O)CCl. The number of anilines is 1. The topological polar surface area (TPSA) is 55.4 Å². The molecule has 138 valence electrons. The molecule has 0 unspecified atom stereocenters. The zero-order chi connectivity index (χ0) is 19.5. The molecule has 0 aromatic heterocycles. The minimum Gasteiger partial charge on any atom is -0.496 e. The molecule has 0 aliphatic carbocycles. The van der Waals surface area contributed by atoms with Gasteiger partial charge in [0.05, 0.1) is 23.9 Å². The first-order chi connectivity index (χ1) is 12.2. The van der Waals surface area contributed by atoms with Gasteiger partial charge < -0.3 is 10.1 Å². The molecule has 0 bridgehead atoms. The molecular formula is C17H12Cl2F3NO3. The number of benzene rings is 2. The number of alkyl halides is 4. The van der Waals surface area contributed by atoms with Crippen molar-refractivity contribution in [3.05, 3.63) is 58.1 Å². The van der Waals surface area contributed by atoms with Crippen molar-refractivity contribution in [3.8, 4) is 5.75 Å². The van der Waals surface area contributed by atoms with Crippen molar-refractivity contribution in [2.24, 2.45) is 0 Å². The molecule has 0 aliphatic rings. The highest BCUT2D eigenvalue weighted by Gasteiger charge is 2.32. The molecule has 2 aromatic rings. The van der Waals surface area contributed by atoms with Crippen LogP contribution in [-0.2, 0) is 11.0 Å². The third-order valence-corrected chi connectivity index (χ3v) is 3.87. The molecular weight excluding hydrogens is 394 g/mol. The third-order valence-electron chi connectivity index (χ3n) is 3.39. The van der Waals surface area contributed by atoms with Crippen molar-refractivity contribution in [2.45, 2.75) is 6.18 Å². The van der Waals surface area contributed by atoms with Crippen LogP contribution in [0, 0.1) is 0 Å². The van der Waals surface area contributed by atoms with Gasteiger partial charge in [-0.2, -0.15) is 13.2 Å². The summed E-state index contributed by atoms with van der Waals surface area (Å²) in [5.74, 6) is -1.75. The first-order valence-corrected chi connectivity index (χ1v) is 8.04. The second-order valence-electron chi connectivity index (χ2n) is 5.11. The van der Waals surface area contributed by atoms with Crippen molar-refractivity contribution in [1.82, 2.24) is 0 Å². The number of ether oxygens (including phenoxy) is 1. The highest BCUT2D eigenvalue weighted by atomic mass is 35.5. The van der Waals surface area contributed by atoms with Gasteiger partial charge in [0.1, 0.15) is 11.6 Å². The van der Waals surface area contributed by atoms with E-state index in [0.717, 1.165) is 12.1 Å². The highest BCUT2D eigenvalue weighted by molar-refractivity contribution is 6.31. The van der Waals surface area contributed by atoms with Gasteiger partial charge in [0.15, 0.2) is 5.78 Å². The fourth-order valence-corrected chi connectivity index (χ4v) is 2.44. The molecule has 0 fully saturated rings. The number of methoxy groups -OCH3 is 1. The molecule has 2 aromatic carbocycles. The molecule has 26 heavy (non-hydrogen) atoms. The molecule has 0 saturated carbocycles. The van der Waals surface area contributed by atoms with Crippen LogP contribution in [-0.4, -0.2) is 24.7 Å². The lowest BCUT2D eigenvalue weighted by atomic mass is 9.98. The molecule has 0 atom stereocenters. The van der Waals surface area contributed by atoms with E-state index in [1.54, 1.807) is 0 Å². The highest BCUT2D eigenvalue weighted by Crippen LogP contribution is 2.34. The zero-order valence-electron chi connectivity index (χ0n) is 13.3. The molecule has 0 saturated heterocycles. The Hall–Kier alpha value is -2.25. The largest absolute Gasteiger partial charge is 0.496 e. The molecule has 4 nitrogen and oxygen atoms in total. The normalized spacial score (nSPS) is 11.2. The van der Waals surface area contributed by atoms with Crippen LogP contribution >= 0.6 is 23.2 Å². The van der Waals surface area contributed by atoms with E-state index < -0.39 is 29.3 Å². The summed E-state index contributed by atoms with van der Waals surface area (Å²) in [6, 6.07) is 6.58. The van der Waals surface area contributed by atoms with E-state index in [9.17, 15) is 22.8 Å². The number of ketones is 1. The average Bonchev–Trinajstić information content (AvgIpc) is 2.60. The number of halogens is 5. The Kier molecular flexibility index (Phi) is 6.15. The maximum absolute atomic E-state index is 13.0. The van der Waals surface area contributed by atoms with E-state index in [1.807, 2.05) is 0 Å². The van der Waals surface area contributed by atoms with Crippen molar-refractivity contribution < 1.29 is 27.5 Å². The van der Waals surface area contributed by atoms with Gasteiger partial charge in [0.2, 0.25) is 5.91 Å². The standard InChI is InChI=1S/C17H12Cl2F3NO3/c1-26-14-5-3-10(19)7-12(14)16(25)11-6-9(17(20,21)22)2-4-13(11)23-15(24)8-18/h2-7H,8H2,1H3,(H,23,24). The van der Waals surface area contributed by atoms with Crippen LogP contribution in [0.1, 0.15) is 21.5 Å². The van der Waals surface area contributed by atoms with Crippen LogP contribution in [0.4, 0.5) is 18.9 Å². The number of amides is 1. The van der Waals surface area contributed by atoms with E-state index in [1.165, 1.54) is 25.3 Å². The monoisotopic (exact) mass is 405 g/mol. The number of hydrogen-bond acceptors (Lipinski definition) is 3. The smallest absolute Gasteiger partial charge is 0.416 e. The Morgan fingerprint density at radius 2 is 1.81 bits per heavy atom. The Balaban J connectivity index is 2.62. The van der Waals surface area contributed by atoms with Gasteiger partial charge in [0, 0.05) is 10.6 Å². The Morgan fingerprint density at radius 1 is 1.12 bits per heavy atom. The summed E-state index contributed by atoms with van der Waals surface area (Å²) < 4.78 is 44.2. The van der Waals surface area contributed by atoms with Crippen molar-refractivity contribution in [3.63, 3.8) is 0 Å².